The van der Waals surface area contributed by atoms with E-state index in [0.29, 0.717) is 17.3 Å². The van der Waals surface area contributed by atoms with Gasteiger partial charge in [0.05, 0.1) is 6.04 Å². The molecule has 0 aromatic heterocycles. The van der Waals surface area contributed by atoms with Crippen LogP contribution in [0.2, 0.25) is 0 Å². The fraction of sp³-hybridized carbons (Fsp3) is 0.583. The molecule has 2 amide bonds. The number of amides is 2. The Morgan fingerprint density at radius 2 is 2.39 bits per heavy atom. The lowest BCUT2D eigenvalue weighted by Gasteiger charge is -2.35. The van der Waals surface area contributed by atoms with E-state index in [4.69, 9.17) is 17.0 Å². The van der Waals surface area contributed by atoms with E-state index < -0.39 is 6.09 Å². The second-order valence-electron chi connectivity index (χ2n) is 4.55. The lowest BCUT2D eigenvalue weighted by Crippen LogP contribution is -2.59. The highest BCUT2D eigenvalue weighted by Crippen LogP contribution is 2.16. The van der Waals surface area contributed by atoms with Crippen LogP contribution in [0, 0.1) is 5.92 Å². The molecule has 1 fully saturated rings. The first-order chi connectivity index (χ1) is 8.45. The van der Waals surface area contributed by atoms with E-state index in [1.165, 1.54) is 11.0 Å². The summed E-state index contributed by atoms with van der Waals surface area (Å²) in [5.74, 6) is 0.0771. The topological polar surface area (TPSA) is 58.6 Å². The molecule has 100 valence electrons. The van der Waals surface area contributed by atoms with Crippen LogP contribution >= 0.6 is 12.2 Å². The maximum Gasteiger partial charge on any atom is 0.411 e. The highest BCUT2D eigenvalue weighted by Gasteiger charge is 2.35. The molecule has 0 aromatic carbocycles. The number of thiocarbonyl (C=S) groups is 1. The molecule has 1 aliphatic rings. The zero-order valence-electron chi connectivity index (χ0n) is 10.6. The summed E-state index contributed by atoms with van der Waals surface area (Å²) in [4.78, 5) is 25.0. The predicted octanol–water partition coefficient (Wildman–Crippen LogP) is 1.48. The Bertz CT molecular complexity index is 368. The van der Waals surface area contributed by atoms with Crippen molar-refractivity contribution in [2.75, 3.05) is 13.2 Å². The third-order valence-electron chi connectivity index (χ3n) is 2.51. The Labute approximate surface area is 112 Å². The smallest absolute Gasteiger partial charge is 0.411 e. The van der Waals surface area contributed by atoms with Gasteiger partial charge in [0.2, 0.25) is 5.91 Å². The number of hydrogen-bond acceptors (Lipinski definition) is 4. The van der Waals surface area contributed by atoms with E-state index in [1.54, 1.807) is 0 Å². The third kappa shape index (κ3) is 3.80. The van der Waals surface area contributed by atoms with E-state index in [9.17, 15) is 9.59 Å². The molecular weight excluding hydrogens is 252 g/mol. The molecule has 0 radical (unpaired) electrons. The molecule has 18 heavy (non-hydrogen) atoms. The molecule has 0 bridgehead atoms. The number of piperazine rings is 1. The number of nitrogens with one attached hydrogen (secondary N) is 1. The van der Waals surface area contributed by atoms with Gasteiger partial charge in [-0.1, -0.05) is 38.7 Å². The Hall–Kier alpha value is -1.43. The zero-order valence-corrected chi connectivity index (χ0v) is 11.5. The highest BCUT2D eigenvalue weighted by molar-refractivity contribution is 7.80. The van der Waals surface area contributed by atoms with Gasteiger partial charge in [0.15, 0.2) is 0 Å². The van der Waals surface area contributed by atoms with Gasteiger partial charge in [0.1, 0.15) is 18.1 Å². The van der Waals surface area contributed by atoms with Crippen molar-refractivity contribution in [2.24, 2.45) is 5.92 Å². The van der Waals surface area contributed by atoms with Gasteiger partial charge in [0.25, 0.3) is 0 Å². The minimum atomic E-state index is -0.530. The molecule has 6 heteroatoms. The van der Waals surface area contributed by atoms with E-state index >= 15 is 0 Å². The summed E-state index contributed by atoms with van der Waals surface area (Å²) in [7, 11) is 0. The molecule has 0 saturated carbocycles. The van der Waals surface area contributed by atoms with Gasteiger partial charge in [-0.2, -0.15) is 0 Å². The largest absolute Gasteiger partial charge is 0.445 e. The molecule has 0 aliphatic carbocycles. The van der Waals surface area contributed by atoms with Gasteiger partial charge in [-0.3, -0.25) is 9.69 Å². The lowest BCUT2D eigenvalue weighted by molar-refractivity contribution is -0.121. The Kier molecular flexibility index (Phi) is 5.27. The average molecular weight is 270 g/mol. The lowest BCUT2D eigenvalue weighted by atomic mass is 10.0. The summed E-state index contributed by atoms with van der Waals surface area (Å²) in [6.07, 6.45) is 1.65. The number of rotatable bonds is 4. The number of hydrogen-bond donors (Lipinski definition) is 1. The van der Waals surface area contributed by atoms with Crippen LogP contribution in [-0.4, -0.2) is 41.1 Å². The SMILES string of the molecule is C=CCOC(=O)N1CC(=O)NC(=S)[C@@H]1CC(C)C. The molecule has 1 heterocycles. The molecular formula is C12H18N2O3S. The van der Waals surface area contributed by atoms with Crippen molar-refractivity contribution in [2.45, 2.75) is 26.3 Å². The van der Waals surface area contributed by atoms with Gasteiger partial charge in [-0.05, 0) is 12.3 Å². The van der Waals surface area contributed by atoms with Crippen LogP contribution in [0.25, 0.3) is 0 Å². The van der Waals surface area contributed by atoms with Gasteiger partial charge in [0, 0.05) is 0 Å². The molecule has 1 rings (SSSR count). The van der Waals surface area contributed by atoms with Crippen LogP contribution in [0.15, 0.2) is 12.7 Å². The van der Waals surface area contributed by atoms with Crippen molar-refractivity contribution in [1.82, 2.24) is 10.2 Å². The molecule has 1 atom stereocenters. The summed E-state index contributed by atoms with van der Waals surface area (Å²) < 4.78 is 4.97. The standard InChI is InChI=1S/C12H18N2O3S/c1-4-5-17-12(16)14-7-10(15)13-11(18)9(14)6-8(2)3/h4,8-9H,1,5-7H2,2-3H3,(H,13,15,18)/t9-/m0/s1. The Morgan fingerprint density at radius 3 is 2.94 bits per heavy atom. The molecule has 1 saturated heterocycles. The minimum absolute atomic E-state index is 0.0203. The number of carbonyl (C=O) groups is 2. The van der Waals surface area contributed by atoms with Crippen LogP contribution in [0.4, 0.5) is 4.79 Å². The van der Waals surface area contributed by atoms with Crippen LogP contribution in [0.3, 0.4) is 0 Å². The van der Waals surface area contributed by atoms with Crippen molar-refractivity contribution < 1.29 is 14.3 Å². The second-order valence-corrected chi connectivity index (χ2v) is 4.99. The first-order valence-corrected chi connectivity index (χ1v) is 6.24. The predicted molar refractivity (Wildman–Crippen MR) is 72.2 cm³/mol. The maximum atomic E-state index is 11.9. The fourth-order valence-electron chi connectivity index (χ4n) is 1.75. The Morgan fingerprint density at radius 1 is 1.72 bits per heavy atom. The third-order valence-corrected chi connectivity index (χ3v) is 2.88. The van der Waals surface area contributed by atoms with Crippen molar-refractivity contribution in [3.8, 4) is 0 Å². The second kappa shape index (κ2) is 6.49. The van der Waals surface area contributed by atoms with Crippen molar-refractivity contribution in [1.29, 1.82) is 0 Å². The number of nitrogens with zero attached hydrogens (tertiary/aromatic N) is 1. The van der Waals surface area contributed by atoms with E-state index in [1.807, 2.05) is 13.8 Å². The molecule has 1 aliphatic heterocycles. The van der Waals surface area contributed by atoms with Gasteiger partial charge >= 0.3 is 6.09 Å². The van der Waals surface area contributed by atoms with Crippen molar-refractivity contribution in [3.05, 3.63) is 12.7 Å². The monoisotopic (exact) mass is 270 g/mol. The average Bonchev–Trinajstić information content (AvgIpc) is 2.28. The molecule has 0 unspecified atom stereocenters. The quantitative estimate of drug-likeness (QED) is 0.621. The van der Waals surface area contributed by atoms with Crippen LogP contribution in [0.1, 0.15) is 20.3 Å². The van der Waals surface area contributed by atoms with E-state index in [-0.39, 0.29) is 25.1 Å². The van der Waals surface area contributed by atoms with Gasteiger partial charge in [-0.15, -0.1) is 0 Å². The summed E-state index contributed by atoms with van der Waals surface area (Å²) in [6.45, 7) is 7.65. The fourth-order valence-corrected chi connectivity index (χ4v) is 2.09. The summed E-state index contributed by atoms with van der Waals surface area (Å²) in [5, 5.41) is 2.60. The molecule has 5 nitrogen and oxygen atoms in total. The molecule has 0 spiro atoms. The first-order valence-electron chi connectivity index (χ1n) is 5.83. The Balaban J connectivity index is 2.79. The zero-order chi connectivity index (χ0) is 13.7. The first kappa shape index (κ1) is 14.6. The molecule has 1 N–H and O–H groups in total. The van der Waals surface area contributed by atoms with Crippen LogP contribution < -0.4 is 5.32 Å². The van der Waals surface area contributed by atoms with E-state index in [0.717, 1.165) is 0 Å². The normalized spacial score (nSPS) is 19.7. The van der Waals surface area contributed by atoms with Crippen molar-refractivity contribution >= 4 is 29.2 Å². The number of carbonyl (C=O) groups excluding carboxylic acids is 2. The van der Waals surface area contributed by atoms with Gasteiger partial charge < -0.3 is 10.1 Å². The number of ether oxygens (including phenoxy) is 1. The van der Waals surface area contributed by atoms with Crippen LogP contribution in [0.5, 0.6) is 0 Å². The highest BCUT2D eigenvalue weighted by atomic mass is 32.1. The van der Waals surface area contributed by atoms with Crippen LogP contribution in [-0.2, 0) is 9.53 Å². The summed E-state index contributed by atoms with van der Waals surface area (Å²) >= 11 is 5.13. The van der Waals surface area contributed by atoms with E-state index in [2.05, 4.69) is 11.9 Å². The summed E-state index contributed by atoms with van der Waals surface area (Å²) in [6, 6.07) is -0.282. The summed E-state index contributed by atoms with van der Waals surface area (Å²) in [5.41, 5.74) is 0. The molecule has 0 aromatic rings. The minimum Gasteiger partial charge on any atom is -0.445 e. The maximum absolute atomic E-state index is 11.9. The van der Waals surface area contributed by atoms with Crippen molar-refractivity contribution in [3.63, 3.8) is 0 Å². The van der Waals surface area contributed by atoms with Gasteiger partial charge in [-0.25, -0.2) is 4.79 Å².